The number of ether oxygens (including phenoxy) is 3. The standard InChI is InChI=1S/C21H24BrN3O6S/c1-13-10-14(4-5-15(13)25-8-9-30-11-17(25)26)23-19(27)21(2,12-29-3)24-20(28)31-18-7-6-16(22)32-18/h4-7,10H,8-9,11-12H2,1-3H3,(H,23,27)(H,24,28)/t21-/m0/s1. The van der Waals surface area contributed by atoms with E-state index in [1.54, 1.807) is 42.2 Å². The summed E-state index contributed by atoms with van der Waals surface area (Å²) in [5.41, 5.74) is 0.728. The minimum atomic E-state index is -1.38. The number of morpholine rings is 1. The van der Waals surface area contributed by atoms with Crippen molar-refractivity contribution in [2.24, 2.45) is 0 Å². The first kappa shape index (κ1) is 24.2. The van der Waals surface area contributed by atoms with Gasteiger partial charge in [0.15, 0.2) is 5.06 Å². The van der Waals surface area contributed by atoms with Crippen LogP contribution in [0.15, 0.2) is 34.1 Å². The zero-order valence-corrected chi connectivity index (χ0v) is 20.3. The highest BCUT2D eigenvalue weighted by Gasteiger charge is 2.36. The molecular weight excluding hydrogens is 502 g/mol. The minimum absolute atomic E-state index is 0.0531. The number of anilines is 2. The van der Waals surface area contributed by atoms with Crippen molar-refractivity contribution >= 4 is 56.5 Å². The number of hydrogen-bond acceptors (Lipinski definition) is 7. The van der Waals surface area contributed by atoms with Crippen LogP contribution in [0.25, 0.3) is 0 Å². The van der Waals surface area contributed by atoms with Crippen molar-refractivity contribution in [3.63, 3.8) is 0 Å². The number of carbonyl (C=O) groups is 3. The summed E-state index contributed by atoms with van der Waals surface area (Å²) in [6.45, 7) is 4.34. The van der Waals surface area contributed by atoms with Gasteiger partial charge in [-0.3, -0.25) is 9.59 Å². The van der Waals surface area contributed by atoms with Gasteiger partial charge in [0.1, 0.15) is 12.1 Å². The number of rotatable bonds is 7. The molecule has 2 heterocycles. The molecule has 11 heteroatoms. The van der Waals surface area contributed by atoms with Crippen LogP contribution >= 0.6 is 27.3 Å². The van der Waals surface area contributed by atoms with Gasteiger partial charge in [0.05, 0.1) is 17.0 Å². The van der Waals surface area contributed by atoms with E-state index in [4.69, 9.17) is 14.2 Å². The van der Waals surface area contributed by atoms with Gasteiger partial charge in [0, 0.05) is 25.0 Å². The van der Waals surface area contributed by atoms with E-state index >= 15 is 0 Å². The minimum Gasteiger partial charge on any atom is -0.399 e. The summed E-state index contributed by atoms with van der Waals surface area (Å²) in [7, 11) is 1.44. The highest BCUT2D eigenvalue weighted by Crippen LogP contribution is 2.29. The molecule has 3 rings (SSSR count). The van der Waals surface area contributed by atoms with E-state index < -0.39 is 17.5 Å². The third-order valence-electron chi connectivity index (χ3n) is 4.79. The van der Waals surface area contributed by atoms with Crippen LogP contribution in [0.3, 0.4) is 0 Å². The third-order valence-corrected chi connectivity index (χ3v) is 6.29. The SMILES string of the molecule is COC[C@](C)(NC(=O)Oc1ccc(Br)s1)C(=O)Nc1ccc(N2CCOCC2=O)c(C)c1. The largest absolute Gasteiger partial charge is 0.414 e. The maximum absolute atomic E-state index is 13.0. The quantitative estimate of drug-likeness (QED) is 0.574. The van der Waals surface area contributed by atoms with Crippen molar-refractivity contribution in [3.05, 3.63) is 39.7 Å². The van der Waals surface area contributed by atoms with E-state index in [2.05, 4.69) is 26.6 Å². The van der Waals surface area contributed by atoms with E-state index in [9.17, 15) is 14.4 Å². The molecule has 2 aromatic rings. The summed E-state index contributed by atoms with van der Waals surface area (Å²) in [5, 5.41) is 5.77. The number of halogens is 1. The van der Waals surface area contributed by atoms with Crippen LogP contribution in [0.2, 0.25) is 0 Å². The van der Waals surface area contributed by atoms with Crippen molar-refractivity contribution in [1.29, 1.82) is 0 Å². The highest BCUT2D eigenvalue weighted by molar-refractivity contribution is 9.11. The Bertz CT molecular complexity index is 1010. The molecule has 1 aromatic heterocycles. The van der Waals surface area contributed by atoms with E-state index in [0.29, 0.717) is 23.9 Å². The molecule has 1 atom stereocenters. The Kier molecular flexibility index (Phi) is 7.88. The number of nitrogens with zero attached hydrogens (tertiary/aromatic N) is 1. The fourth-order valence-corrected chi connectivity index (χ4v) is 4.41. The maximum atomic E-state index is 13.0. The molecule has 1 aromatic carbocycles. The van der Waals surface area contributed by atoms with Gasteiger partial charge < -0.3 is 29.7 Å². The summed E-state index contributed by atoms with van der Waals surface area (Å²) in [6.07, 6.45) is -0.772. The van der Waals surface area contributed by atoms with Crippen LogP contribution in [0.4, 0.5) is 16.2 Å². The summed E-state index contributed by atoms with van der Waals surface area (Å²) >= 11 is 4.55. The molecule has 1 aliphatic rings. The molecule has 32 heavy (non-hydrogen) atoms. The van der Waals surface area contributed by atoms with E-state index in [1.165, 1.54) is 18.4 Å². The second-order valence-corrected chi connectivity index (χ2v) is 9.82. The summed E-state index contributed by atoms with van der Waals surface area (Å²) in [5.74, 6) is -0.581. The Morgan fingerprint density at radius 1 is 1.31 bits per heavy atom. The lowest BCUT2D eigenvalue weighted by molar-refractivity contribution is -0.125. The Morgan fingerprint density at radius 2 is 2.09 bits per heavy atom. The van der Waals surface area contributed by atoms with Crippen molar-refractivity contribution in [3.8, 4) is 5.06 Å². The van der Waals surface area contributed by atoms with Gasteiger partial charge in [0.2, 0.25) is 0 Å². The molecule has 0 spiro atoms. The highest BCUT2D eigenvalue weighted by atomic mass is 79.9. The molecule has 1 fully saturated rings. The first-order chi connectivity index (χ1) is 15.2. The summed E-state index contributed by atoms with van der Waals surface area (Å²) in [6, 6.07) is 8.65. The number of methoxy groups -OCH3 is 1. The van der Waals surface area contributed by atoms with Crippen molar-refractivity contribution in [1.82, 2.24) is 5.32 Å². The van der Waals surface area contributed by atoms with Gasteiger partial charge in [-0.05, 0) is 65.7 Å². The first-order valence-corrected chi connectivity index (χ1v) is 11.4. The van der Waals surface area contributed by atoms with Gasteiger partial charge in [-0.2, -0.15) is 0 Å². The topological polar surface area (TPSA) is 106 Å². The molecule has 3 amide bonds. The summed E-state index contributed by atoms with van der Waals surface area (Å²) < 4.78 is 16.4. The third kappa shape index (κ3) is 5.85. The molecule has 9 nitrogen and oxygen atoms in total. The Hall–Kier alpha value is -2.47. The Labute approximate surface area is 198 Å². The molecular formula is C21H24BrN3O6S. The van der Waals surface area contributed by atoms with Crippen LogP contribution < -0.4 is 20.3 Å². The predicted octanol–water partition coefficient (Wildman–Crippen LogP) is 3.31. The number of aryl methyl sites for hydroxylation is 1. The molecule has 0 unspecified atom stereocenters. The van der Waals surface area contributed by atoms with Gasteiger partial charge in [-0.25, -0.2) is 4.79 Å². The van der Waals surface area contributed by atoms with Crippen LogP contribution in [-0.2, 0) is 19.1 Å². The zero-order valence-electron chi connectivity index (χ0n) is 17.9. The van der Waals surface area contributed by atoms with Crippen LogP contribution in [-0.4, -0.2) is 56.9 Å². The maximum Gasteiger partial charge on any atom is 0.414 e. The Balaban J connectivity index is 1.69. The smallest absolute Gasteiger partial charge is 0.399 e. The molecule has 172 valence electrons. The fourth-order valence-electron chi connectivity index (χ4n) is 3.22. The molecule has 2 N–H and O–H groups in total. The second-order valence-electron chi connectivity index (χ2n) is 7.39. The number of carbonyl (C=O) groups excluding carboxylic acids is 3. The van der Waals surface area contributed by atoms with Crippen molar-refractivity contribution in [2.45, 2.75) is 19.4 Å². The lowest BCUT2D eigenvalue weighted by Gasteiger charge is -2.29. The van der Waals surface area contributed by atoms with Gasteiger partial charge in [-0.15, -0.1) is 0 Å². The molecule has 1 aliphatic heterocycles. The fraction of sp³-hybridized carbons (Fsp3) is 0.381. The molecule has 1 saturated heterocycles. The molecule has 0 bridgehead atoms. The van der Waals surface area contributed by atoms with Crippen LogP contribution in [0, 0.1) is 6.92 Å². The zero-order chi connectivity index (χ0) is 23.3. The van der Waals surface area contributed by atoms with Crippen LogP contribution in [0.1, 0.15) is 12.5 Å². The summed E-state index contributed by atoms with van der Waals surface area (Å²) in [4.78, 5) is 39.1. The molecule has 0 aliphatic carbocycles. The normalized spacial score (nSPS) is 15.8. The monoisotopic (exact) mass is 525 g/mol. The van der Waals surface area contributed by atoms with Crippen LogP contribution in [0.5, 0.6) is 5.06 Å². The van der Waals surface area contributed by atoms with E-state index in [0.717, 1.165) is 15.0 Å². The van der Waals surface area contributed by atoms with Gasteiger partial charge >= 0.3 is 6.09 Å². The van der Waals surface area contributed by atoms with Gasteiger partial charge in [-0.1, -0.05) is 11.3 Å². The predicted molar refractivity (Wildman–Crippen MR) is 124 cm³/mol. The van der Waals surface area contributed by atoms with Gasteiger partial charge in [0.25, 0.3) is 11.8 Å². The first-order valence-electron chi connectivity index (χ1n) is 9.76. The van der Waals surface area contributed by atoms with E-state index in [1.807, 2.05) is 6.92 Å². The lowest BCUT2D eigenvalue weighted by Crippen LogP contribution is -2.58. The number of benzene rings is 1. The van der Waals surface area contributed by atoms with E-state index in [-0.39, 0.29) is 19.1 Å². The number of amides is 3. The number of hydrogen-bond donors (Lipinski definition) is 2. The number of thiophene rings is 1. The van der Waals surface area contributed by atoms with Crippen molar-refractivity contribution in [2.75, 3.05) is 43.7 Å². The average molecular weight is 526 g/mol. The van der Waals surface area contributed by atoms with Crippen molar-refractivity contribution < 1.29 is 28.6 Å². The number of nitrogens with one attached hydrogen (secondary N) is 2. The second kappa shape index (κ2) is 10.4. The average Bonchev–Trinajstić information content (AvgIpc) is 3.13. The lowest BCUT2D eigenvalue weighted by atomic mass is 10.0. The molecule has 0 radical (unpaired) electrons. The Morgan fingerprint density at radius 3 is 2.72 bits per heavy atom. The molecule has 0 saturated carbocycles.